The molecule has 1 heterocycles. The minimum Gasteiger partial charge on any atom is -0.275 e. The first-order valence-corrected chi connectivity index (χ1v) is 6.02. The van der Waals surface area contributed by atoms with Crippen molar-refractivity contribution in [2.45, 2.75) is 19.2 Å². The maximum atomic E-state index is 5.96. The van der Waals surface area contributed by atoms with E-state index in [1.165, 1.54) is 5.56 Å². The number of hydrogen-bond donors (Lipinski definition) is 0. The van der Waals surface area contributed by atoms with Crippen LogP contribution in [0, 0.1) is 0 Å². The lowest BCUT2D eigenvalue weighted by atomic mass is 10.1. The highest BCUT2D eigenvalue weighted by atomic mass is 16.7. The topological polar surface area (TPSA) is 15.7 Å². The predicted octanol–water partition coefficient (Wildman–Crippen LogP) is 2.44. The van der Waals surface area contributed by atoms with Gasteiger partial charge in [-0.05, 0) is 12.5 Å². The summed E-state index contributed by atoms with van der Waals surface area (Å²) in [4.78, 5) is 8.26. The minimum absolute atomic E-state index is 0.00426. The molecule has 0 spiro atoms. The molecule has 0 N–H and O–H groups in total. The summed E-state index contributed by atoms with van der Waals surface area (Å²) in [5, 5.41) is 1.94. The van der Waals surface area contributed by atoms with Gasteiger partial charge in [0.2, 0.25) is 0 Å². The van der Waals surface area contributed by atoms with Crippen molar-refractivity contribution in [3.05, 3.63) is 48.6 Å². The number of hydroxylamine groups is 2. The van der Waals surface area contributed by atoms with Crippen LogP contribution in [0.5, 0.6) is 0 Å². The van der Waals surface area contributed by atoms with E-state index in [0.717, 1.165) is 13.1 Å². The van der Waals surface area contributed by atoms with E-state index in [0.29, 0.717) is 6.04 Å². The Morgan fingerprint density at radius 2 is 2.12 bits per heavy atom. The smallest absolute Gasteiger partial charge is 0.158 e. The van der Waals surface area contributed by atoms with E-state index < -0.39 is 0 Å². The average Bonchev–Trinajstić information content (AvgIpc) is 2.35. The lowest BCUT2D eigenvalue weighted by Crippen LogP contribution is -2.50. The first-order chi connectivity index (χ1) is 8.22. The van der Waals surface area contributed by atoms with Crippen molar-refractivity contribution in [2.24, 2.45) is 0 Å². The maximum absolute atomic E-state index is 5.96. The summed E-state index contributed by atoms with van der Waals surface area (Å²) < 4.78 is 0. The summed E-state index contributed by atoms with van der Waals surface area (Å²) in [6.07, 6.45) is 1.92. The Kier molecular flexibility index (Phi) is 3.94. The molecule has 3 heteroatoms. The predicted molar refractivity (Wildman–Crippen MR) is 69.3 cm³/mol. The third-order valence-electron chi connectivity index (χ3n) is 3.17. The van der Waals surface area contributed by atoms with Crippen LogP contribution in [-0.2, 0) is 4.84 Å². The van der Waals surface area contributed by atoms with Gasteiger partial charge in [-0.25, -0.2) is 0 Å². The van der Waals surface area contributed by atoms with Gasteiger partial charge in [0.25, 0.3) is 0 Å². The third-order valence-corrected chi connectivity index (χ3v) is 3.17. The van der Waals surface area contributed by atoms with Gasteiger partial charge in [0.1, 0.15) is 0 Å². The summed E-state index contributed by atoms with van der Waals surface area (Å²) >= 11 is 0. The van der Waals surface area contributed by atoms with Crippen LogP contribution >= 0.6 is 0 Å². The van der Waals surface area contributed by atoms with Crippen molar-refractivity contribution in [3.63, 3.8) is 0 Å². The van der Waals surface area contributed by atoms with Crippen molar-refractivity contribution in [1.82, 2.24) is 9.96 Å². The highest BCUT2D eigenvalue weighted by Crippen LogP contribution is 2.28. The Morgan fingerprint density at radius 3 is 2.76 bits per heavy atom. The van der Waals surface area contributed by atoms with E-state index in [4.69, 9.17) is 4.84 Å². The number of rotatable bonds is 3. The van der Waals surface area contributed by atoms with Crippen LogP contribution in [0.25, 0.3) is 0 Å². The van der Waals surface area contributed by atoms with E-state index in [1.54, 1.807) is 0 Å². The molecule has 0 aliphatic carbocycles. The first kappa shape index (κ1) is 12.3. The Bertz CT molecular complexity index is 366. The van der Waals surface area contributed by atoms with Gasteiger partial charge in [0.15, 0.2) is 6.23 Å². The quantitative estimate of drug-likeness (QED) is 0.744. The lowest BCUT2D eigenvalue weighted by Gasteiger charge is -2.42. The maximum Gasteiger partial charge on any atom is 0.158 e. The zero-order chi connectivity index (χ0) is 12.3. The Hall–Kier alpha value is -1.16. The van der Waals surface area contributed by atoms with E-state index >= 15 is 0 Å². The second kappa shape index (κ2) is 5.45. The van der Waals surface area contributed by atoms with Crippen molar-refractivity contribution >= 4 is 0 Å². The second-order valence-corrected chi connectivity index (χ2v) is 4.51. The molecule has 1 aliphatic rings. The number of nitrogens with zero attached hydrogens (tertiary/aromatic N) is 2. The van der Waals surface area contributed by atoms with Gasteiger partial charge < -0.3 is 0 Å². The van der Waals surface area contributed by atoms with Crippen LogP contribution in [0.4, 0.5) is 0 Å². The van der Waals surface area contributed by atoms with E-state index in [-0.39, 0.29) is 6.23 Å². The molecule has 1 aromatic carbocycles. The molecule has 0 saturated carbocycles. The normalized spacial score (nSPS) is 26.9. The summed E-state index contributed by atoms with van der Waals surface area (Å²) in [5.41, 5.74) is 1.19. The number of hydrogen-bond acceptors (Lipinski definition) is 3. The molecule has 17 heavy (non-hydrogen) atoms. The summed E-state index contributed by atoms with van der Waals surface area (Å²) in [5.74, 6) is 0. The standard InChI is InChI=1S/C14H20N2O/c1-4-10-16-11-12(2)15(3)17-14(16)13-8-6-5-7-9-13/h4-9,12,14H,1,10-11H2,2-3H3/t12-,14-/m1/s1. The molecule has 0 amide bonds. The second-order valence-electron chi connectivity index (χ2n) is 4.51. The summed E-state index contributed by atoms with van der Waals surface area (Å²) in [6.45, 7) is 7.81. The van der Waals surface area contributed by atoms with E-state index in [1.807, 2.05) is 36.4 Å². The molecule has 0 radical (unpaired) electrons. The van der Waals surface area contributed by atoms with Gasteiger partial charge in [-0.15, -0.1) is 6.58 Å². The van der Waals surface area contributed by atoms with Crippen LogP contribution in [0.15, 0.2) is 43.0 Å². The average molecular weight is 232 g/mol. The molecule has 1 saturated heterocycles. The Morgan fingerprint density at radius 1 is 1.41 bits per heavy atom. The van der Waals surface area contributed by atoms with Crippen molar-refractivity contribution < 1.29 is 4.84 Å². The molecule has 2 atom stereocenters. The van der Waals surface area contributed by atoms with Gasteiger partial charge in [0.05, 0.1) is 0 Å². The summed E-state index contributed by atoms with van der Waals surface area (Å²) in [7, 11) is 1.99. The first-order valence-electron chi connectivity index (χ1n) is 6.02. The highest BCUT2D eigenvalue weighted by Gasteiger charge is 2.30. The minimum atomic E-state index is -0.00426. The zero-order valence-electron chi connectivity index (χ0n) is 10.5. The molecular weight excluding hydrogens is 212 g/mol. The fourth-order valence-electron chi connectivity index (χ4n) is 2.10. The monoisotopic (exact) mass is 232 g/mol. The van der Waals surface area contributed by atoms with Crippen LogP contribution < -0.4 is 0 Å². The van der Waals surface area contributed by atoms with Gasteiger partial charge in [-0.2, -0.15) is 5.06 Å². The molecule has 1 fully saturated rings. The molecule has 1 aliphatic heterocycles. The van der Waals surface area contributed by atoms with E-state index in [2.05, 4.69) is 30.5 Å². The van der Waals surface area contributed by atoms with E-state index in [9.17, 15) is 0 Å². The van der Waals surface area contributed by atoms with Crippen LogP contribution in [0.1, 0.15) is 18.7 Å². The van der Waals surface area contributed by atoms with Crippen LogP contribution in [0.3, 0.4) is 0 Å². The molecule has 0 aromatic heterocycles. The largest absolute Gasteiger partial charge is 0.275 e. The molecule has 2 rings (SSSR count). The van der Waals surface area contributed by atoms with Crippen molar-refractivity contribution in [2.75, 3.05) is 20.1 Å². The molecular formula is C14H20N2O. The van der Waals surface area contributed by atoms with Crippen molar-refractivity contribution in [1.29, 1.82) is 0 Å². The zero-order valence-corrected chi connectivity index (χ0v) is 10.5. The molecule has 0 bridgehead atoms. The fourth-order valence-corrected chi connectivity index (χ4v) is 2.10. The summed E-state index contributed by atoms with van der Waals surface area (Å²) in [6, 6.07) is 10.7. The Balaban J connectivity index is 2.20. The molecule has 1 aromatic rings. The van der Waals surface area contributed by atoms with Crippen molar-refractivity contribution in [3.8, 4) is 0 Å². The third kappa shape index (κ3) is 2.75. The highest BCUT2D eigenvalue weighted by molar-refractivity contribution is 5.17. The molecule has 0 unspecified atom stereocenters. The Labute approximate surface area is 103 Å². The molecule has 3 nitrogen and oxygen atoms in total. The number of likely N-dealkylation sites (N-methyl/N-ethyl adjacent to an activating group) is 1. The molecule has 92 valence electrons. The fraction of sp³-hybridized carbons (Fsp3) is 0.429. The van der Waals surface area contributed by atoms with Gasteiger partial charge >= 0.3 is 0 Å². The SMILES string of the molecule is C=CCN1C[C@@H](C)N(C)O[C@@H]1c1ccccc1. The van der Waals surface area contributed by atoms with Gasteiger partial charge in [-0.1, -0.05) is 36.4 Å². The lowest BCUT2D eigenvalue weighted by molar-refractivity contribution is -0.283. The van der Waals surface area contributed by atoms with Crippen LogP contribution in [0.2, 0.25) is 0 Å². The van der Waals surface area contributed by atoms with Gasteiger partial charge in [0, 0.05) is 26.2 Å². The number of benzene rings is 1. The van der Waals surface area contributed by atoms with Crippen LogP contribution in [-0.4, -0.2) is 36.1 Å². The van der Waals surface area contributed by atoms with Gasteiger partial charge in [-0.3, -0.25) is 9.74 Å².